The normalized spacial score (nSPS) is 18.9. The smallest absolute Gasteiger partial charge is 0.0741 e. The van der Waals surface area contributed by atoms with Crippen LogP contribution in [0.2, 0.25) is 5.02 Å². The first-order valence-corrected chi connectivity index (χ1v) is 6.86. The second-order valence-electron chi connectivity index (χ2n) is 4.40. The maximum Gasteiger partial charge on any atom is 0.0741 e. The molecule has 1 fully saturated rings. The van der Waals surface area contributed by atoms with Gasteiger partial charge >= 0.3 is 0 Å². The van der Waals surface area contributed by atoms with E-state index < -0.39 is 5.60 Å². The maximum atomic E-state index is 10.2. The Kier molecular flexibility index (Phi) is 3.67. The quantitative estimate of drug-likeness (QED) is 0.645. The molecule has 0 atom stereocenters. The summed E-state index contributed by atoms with van der Waals surface area (Å²) in [6.07, 6.45) is 4.06. The van der Waals surface area contributed by atoms with Gasteiger partial charge in [0.05, 0.1) is 5.60 Å². The Hall–Kier alpha value is -0.380. The number of rotatable bonds is 3. The Morgan fingerprint density at radius 2 is 2.06 bits per heavy atom. The van der Waals surface area contributed by atoms with Crippen LogP contribution in [0, 0.1) is 0 Å². The van der Waals surface area contributed by atoms with Crippen molar-refractivity contribution in [3.63, 3.8) is 0 Å². The molecule has 0 radical (unpaired) electrons. The molecule has 4 heteroatoms. The third-order valence-electron chi connectivity index (χ3n) is 3.01. The molecule has 0 bridgehead atoms. The molecule has 0 amide bonds. The monoisotopic (exact) mass is 257 g/mol. The molecule has 0 aliphatic heterocycles. The highest BCUT2D eigenvalue weighted by Gasteiger charge is 2.31. The maximum absolute atomic E-state index is 10.2. The fourth-order valence-corrected chi connectivity index (χ4v) is 3.42. The third kappa shape index (κ3) is 2.84. The van der Waals surface area contributed by atoms with Crippen molar-refractivity contribution in [2.45, 2.75) is 36.2 Å². The number of hydrogen-bond acceptors (Lipinski definition) is 3. The number of anilines is 1. The highest BCUT2D eigenvalue weighted by Crippen LogP contribution is 2.36. The van der Waals surface area contributed by atoms with Gasteiger partial charge in [0.2, 0.25) is 0 Å². The lowest BCUT2D eigenvalue weighted by Crippen LogP contribution is -2.27. The van der Waals surface area contributed by atoms with Gasteiger partial charge in [0.1, 0.15) is 0 Å². The number of nitrogen functional groups attached to an aromatic ring is 1. The fourth-order valence-electron chi connectivity index (χ4n) is 2.02. The second-order valence-corrected chi connectivity index (χ2v) is 5.86. The lowest BCUT2D eigenvalue weighted by molar-refractivity contribution is 0.0733. The van der Waals surface area contributed by atoms with Gasteiger partial charge in [-0.15, -0.1) is 11.8 Å². The van der Waals surface area contributed by atoms with E-state index in [1.165, 1.54) is 0 Å². The van der Waals surface area contributed by atoms with E-state index in [0.29, 0.717) is 10.8 Å². The Bertz CT molecular complexity index is 377. The first-order chi connectivity index (χ1) is 7.59. The number of nitrogens with two attached hydrogens (primary N) is 1. The molecule has 1 aliphatic rings. The number of benzene rings is 1. The predicted octanol–water partition coefficient (Wildman–Crippen LogP) is 3.32. The molecule has 1 aliphatic carbocycles. The van der Waals surface area contributed by atoms with Crippen LogP contribution >= 0.6 is 23.4 Å². The Morgan fingerprint density at radius 3 is 2.75 bits per heavy atom. The SMILES string of the molecule is Nc1ccc(Cl)cc1SCC1(O)CCCC1. The van der Waals surface area contributed by atoms with Crippen molar-refractivity contribution in [1.82, 2.24) is 0 Å². The minimum atomic E-state index is -0.501. The van der Waals surface area contributed by atoms with Crippen molar-refractivity contribution >= 4 is 29.1 Å². The van der Waals surface area contributed by atoms with Crippen molar-refractivity contribution in [3.8, 4) is 0 Å². The largest absolute Gasteiger partial charge is 0.398 e. The van der Waals surface area contributed by atoms with Gasteiger partial charge in [-0.3, -0.25) is 0 Å². The fraction of sp³-hybridized carbons (Fsp3) is 0.500. The standard InChI is InChI=1S/C12H16ClNOS/c13-9-3-4-10(14)11(7-9)16-8-12(15)5-1-2-6-12/h3-4,7,15H,1-2,5-6,8,14H2. The molecule has 1 saturated carbocycles. The minimum absolute atomic E-state index is 0.501. The van der Waals surface area contributed by atoms with Crippen LogP contribution in [0.4, 0.5) is 5.69 Å². The zero-order valence-electron chi connectivity index (χ0n) is 9.08. The van der Waals surface area contributed by atoms with Gasteiger partial charge in [-0.1, -0.05) is 24.4 Å². The van der Waals surface area contributed by atoms with Crippen LogP contribution in [0.1, 0.15) is 25.7 Å². The average Bonchev–Trinajstić information content (AvgIpc) is 2.67. The van der Waals surface area contributed by atoms with Gasteiger partial charge in [0.15, 0.2) is 0 Å². The first kappa shape index (κ1) is 12.1. The van der Waals surface area contributed by atoms with Crippen molar-refractivity contribution < 1.29 is 5.11 Å². The highest BCUT2D eigenvalue weighted by atomic mass is 35.5. The van der Waals surface area contributed by atoms with Crippen molar-refractivity contribution in [3.05, 3.63) is 23.2 Å². The zero-order valence-corrected chi connectivity index (χ0v) is 10.7. The van der Waals surface area contributed by atoms with Gasteiger partial charge in [-0.25, -0.2) is 0 Å². The highest BCUT2D eigenvalue weighted by molar-refractivity contribution is 7.99. The van der Waals surface area contributed by atoms with E-state index in [0.717, 1.165) is 36.3 Å². The lowest BCUT2D eigenvalue weighted by Gasteiger charge is -2.21. The van der Waals surface area contributed by atoms with Crippen LogP contribution in [0.5, 0.6) is 0 Å². The van der Waals surface area contributed by atoms with E-state index in [1.807, 2.05) is 12.1 Å². The van der Waals surface area contributed by atoms with Crippen LogP contribution in [-0.2, 0) is 0 Å². The van der Waals surface area contributed by atoms with Gasteiger partial charge < -0.3 is 10.8 Å². The number of aliphatic hydroxyl groups is 1. The molecule has 2 rings (SSSR count). The third-order valence-corrected chi connectivity index (χ3v) is 4.59. The van der Waals surface area contributed by atoms with E-state index in [4.69, 9.17) is 17.3 Å². The topological polar surface area (TPSA) is 46.2 Å². The molecular formula is C12H16ClNOS. The lowest BCUT2D eigenvalue weighted by atomic mass is 10.1. The summed E-state index contributed by atoms with van der Waals surface area (Å²) in [6.45, 7) is 0. The number of halogens is 1. The predicted molar refractivity (Wildman–Crippen MR) is 70.0 cm³/mol. The summed E-state index contributed by atoms with van der Waals surface area (Å²) in [5, 5.41) is 10.9. The Labute approximate surface area is 105 Å². The number of hydrogen-bond donors (Lipinski definition) is 2. The molecule has 0 aromatic heterocycles. The summed E-state index contributed by atoms with van der Waals surface area (Å²) >= 11 is 7.51. The van der Waals surface area contributed by atoms with Crippen molar-refractivity contribution in [2.75, 3.05) is 11.5 Å². The van der Waals surface area contributed by atoms with Crippen LogP contribution < -0.4 is 5.73 Å². The zero-order chi connectivity index (χ0) is 11.6. The van der Waals surface area contributed by atoms with Crippen LogP contribution in [0.15, 0.2) is 23.1 Å². The molecule has 16 heavy (non-hydrogen) atoms. The van der Waals surface area contributed by atoms with Crippen molar-refractivity contribution in [1.29, 1.82) is 0 Å². The second kappa shape index (κ2) is 4.86. The van der Waals surface area contributed by atoms with E-state index in [-0.39, 0.29) is 0 Å². The minimum Gasteiger partial charge on any atom is -0.398 e. The van der Waals surface area contributed by atoms with E-state index >= 15 is 0 Å². The van der Waals surface area contributed by atoms with Crippen LogP contribution in [-0.4, -0.2) is 16.5 Å². The van der Waals surface area contributed by atoms with Crippen LogP contribution in [0.25, 0.3) is 0 Å². The summed E-state index contributed by atoms with van der Waals surface area (Å²) in [5.41, 5.74) is 6.09. The molecule has 3 N–H and O–H groups in total. The van der Waals surface area contributed by atoms with E-state index in [2.05, 4.69) is 0 Å². The molecule has 88 valence electrons. The first-order valence-electron chi connectivity index (χ1n) is 5.49. The Balaban J connectivity index is 2.01. The molecule has 0 spiro atoms. The average molecular weight is 258 g/mol. The number of thioether (sulfide) groups is 1. The van der Waals surface area contributed by atoms with Crippen molar-refractivity contribution in [2.24, 2.45) is 0 Å². The van der Waals surface area contributed by atoms with Gasteiger partial charge in [0.25, 0.3) is 0 Å². The summed E-state index contributed by atoms with van der Waals surface area (Å²) in [4.78, 5) is 0.966. The summed E-state index contributed by atoms with van der Waals surface area (Å²) < 4.78 is 0. The van der Waals surface area contributed by atoms with E-state index in [1.54, 1.807) is 17.8 Å². The summed E-state index contributed by atoms with van der Waals surface area (Å²) in [5.74, 6) is 0.706. The molecule has 0 unspecified atom stereocenters. The van der Waals surface area contributed by atoms with Gasteiger partial charge in [0, 0.05) is 21.4 Å². The van der Waals surface area contributed by atoms with Gasteiger partial charge in [-0.2, -0.15) is 0 Å². The molecule has 0 heterocycles. The molecule has 1 aromatic carbocycles. The molecular weight excluding hydrogens is 242 g/mol. The van der Waals surface area contributed by atoms with E-state index in [9.17, 15) is 5.11 Å². The molecule has 0 saturated heterocycles. The molecule has 1 aromatic rings. The van der Waals surface area contributed by atoms with Gasteiger partial charge in [-0.05, 0) is 31.0 Å². The molecule has 2 nitrogen and oxygen atoms in total. The Morgan fingerprint density at radius 1 is 1.38 bits per heavy atom. The summed E-state index contributed by atoms with van der Waals surface area (Å²) in [6, 6.07) is 5.45. The van der Waals surface area contributed by atoms with Crippen LogP contribution in [0.3, 0.4) is 0 Å². The summed E-state index contributed by atoms with van der Waals surface area (Å²) in [7, 11) is 0.